The van der Waals surface area contributed by atoms with Crippen molar-refractivity contribution in [3.63, 3.8) is 0 Å². The van der Waals surface area contributed by atoms with E-state index in [2.05, 4.69) is 35.7 Å². The van der Waals surface area contributed by atoms with Gasteiger partial charge in [-0.05, 0) is 30.9 Å². The first kappa shape index (κ1) is 10.2. The SMILES string of the molecule is N#CC1CC(CNCc2ccccc2)C1. The fourth-order valence-corrected chi connectivity index (χ4v) is 2.02. The summed E-state index contributed by atoms with van der Waals surface area (Å²) in [7, 11) is 0. The van der Waals surface area contributed by atoms with Crippen molar-refractivity contribution in [2.24, 2.45) is 11.8 Å². The van der Waals surface area contributed by atoms with Gasteiger partial charge in [0, 0.05) is 12.5 Å². The summed E-state index contributed by atoms with van der Waals surface area (Å²) < 4.78 is 0. The average Bonchev–Trinajstić information content (AvgIpc) is 2.23. The lowest BCUT2D eigenvalue weighted by Crippen LogP contribution is -2.32. The van der Waals surface area contributed by atoms with E-state index in [9.17, 15) is 0 Å². The van der Waals surface area contributed by atoms with E-state index in [-0.39, 0.29) is 0 Å². The average molecular weight is 200 g/mol. The van der Waals surface area contributed by atoms with E-state index in [1.807, 2.05) is 6.07 Å². The molecule has 2 heteroatoms. The van der Waals surface area contributed by atoms with E-state index in [0.29, 0.717) is 5.92 Å². The molecule has 78 valence electrons. The van der Waals surface area contributed by atoms with Gasteiger partial charge in [0.1, 0.15) is 0 Å². The van der Waals surface area contributed by atoms with Crippen molar-refractivity contribution >= 4 is 0 Å². The third-order valence-corrected chi connectivity index (χ3v) is 3.02. The predicted molar refractivity (Wildman–Crippen MR) is 60.0 cm³/mol. The Bertz CT molecular complexity index is 333. The van der Waals surface area contributed by atoms with Gasteiger partial charge >= 0.3 is 0 Å². The molecule has 0 amide bonds. The highest BCUT2D eigenvalue weighted by molar-refractivity contribution is 5.14. The van der Waals surface area contributed by atoms with Crippen molar-refractivity contribution in [3.8, 4) is 6.07 Å². The van der Waals surface area contributed by atoms with Gasteiger partial charge < -0.3 is 5.32 Å². The fourth-order valence-electron chi connectivity index (χ4n) is 2.02. The van der Waals surface area contributed by atoms with E-state index in [1.165, 1.54) is 5.56 Å². The van der Waals surface area contributed by atoms with Crippen LogP contribution in [0.3, 0.4) is 0 Å². The smallest absolute Gasteiger partial charge is 0.0656 e. The Kier molecular flexibility index (Phi) is 3.37. The van der Waals surface area contributed by atoms with Crippen LogP contribution < -0.4 is 5.32 Å². The molecule has 0 bridgehead atoms. The molecule has 15 heavy (non-hydrogen) atoms. The number of nitrogens with zero attached hydrogens (tertiary/aromatic N) is 1. The van der Waals surface area contributed by atoms with Crippen molar-refractivity contribution in [1.82, 2.24) is 5.32 Å². The Morgan fingerprint density at radius 2 is 2.00 bits per heavy atom. The second-order valence-corrected chi connectivity index (χ2v) is 4.28. The molecular weight excluding hydrogens is 184 g/mol. The Morgan fingerprint density at radius 1 is 1.27 bits per heavy atom. The van der Waals surface area contributed by atoms with Gasteiger partial charge in [-0.15, -0.1) is 0 Å². The maximum Gasteiger partial charge on any atom is 0.0656 e. The second kappa shape index (κ2) is 4.95. The Hall–Kier alpha value is -1.33. The summed E-state index contributed by atoms with van der Waals surface area (Å²) >= 11 is 0. The van der Waals surface area contributed by atoms with Gasteiger partial charge in [-0.1, -0.05) is 30.3 Å². The van der Waals surface area contributed by atoms with E-state index >= 15 is 0 Å². The molecule has 1 aromatic carbocycles. The zero-order chi connectivity index (χ0) is 10.5. The minimum Gasteiger partial charge on any atom is -0.312 e. The number of hydrogen-bond donors (Lipinski definition) is 1. The first-order valence-corrected chi connectivity index (χ1v) is 5.52. The molecule has 1 aliphatic carbocycles. The quantitative estimate of drug-likeness (QED) is 0.809. The molecular formula is C13H16N2. The topological polar surface area (TPSA) is 35.8 Å². The molecule has 1 saturated carbocycles. The summed E-state index contributed by atoms with van der Waals surface area (Å²) in [5.74, 6) is 1.05. The first-order valence-electron chi connectivity index (χ1n) is 5.52. The zero-order valence-electron chi connectivity index (χ0n) is 8.82. The summed E-state index contributed by atoms with van der Waals surface area (Å²) in [6, 6.07) is 12.7. The van der Waals surface area contributed by atoms with Crippen molar-refractivity contribution in [1.29, 1.82) is 5.26 Å². The minimum atomic E-state index is 0.327. The fraction of sp³-hybridized carbons (Fsp3) is 0.462. The molecule has 1 N–H and O–H groups in total. The van der Waals surface area contributed by atoms with Crippen LogP contribution in [0, 0.1) is 23.2 Å². The molecule has 0 radical (unpaired) electrons. The summed E-state index contributed by atoms with van der Waals surface area (Å²) in [6.07, 6.45) is 2.16. The van der Waals surface area contributed by atoms with Crippen LogP contribution in [0.5, 0.6) is 0 Å². The van der Waals surface area contributed by atoms with Crippen LogP contribution in [0.15, 0.2) is 30.3 Å². The van der Waals surface area contributed by atoms with Crippen LogP contribution in [0.25, 0.3) is 0 Å². The molecule has 0 atom stereocenters. The Labute approximate surface area is 90.9 Å². The number of nitrogens with one attached hydrogen (secondary N) is 1. The second-order valence-electron chi connectivity index (χ2n) is 4.28. The van der Waals surface area contributed by atoms with Crippen LogP contribution >= 0.6 is 0 Å². The maximum atomic E-state index is 8.64. The molecule has 2 rings (SSSR count). The molecule has 0 unspecified atom stereocenters. The van der Waals surface area contributed by atoms with Gasteiger partial charge in [0.2, 0.25) is 0 Å². The normalized spacial score (nSPS) is 24.2. The lowest BCUT2D eigenvalue weighted by Gasteiger charge is -2.30. The molecule has 0 aliphatic heterocycles. The summed E-state index contributed by atoms with van der Waals surface area (Å²) in [5, 5.41) is 12.1. The van der Waals surface area contributed by atoms with Gasteiger partial charge in [0.05, 0.1) is 6.07 Å². The lowest BCUT2D eigenvalue weighted by molar-refractivity contribution is 0.237. The van der Waals surface area contributed by atoms with E-state index in [4.69, 9.17) is 5.26 Å². The molecule has 2 nitrogen and oxygen atoms in total. The van der Waals surface area contributed by atoms with Crippen molar-refractivity contribution in [2.75, 3.05) is 6.54 Å². The summed E-state index contributed by atoms with van der Waals surface area (Å²) in [6.45, 7) is 1.99. The van der Waals surface area contributed by atoms with Crippen molar-refractivity contribution in [2.45, 2.75) is 19.4 Å². The molecule has 0 spiro atoms. The highest BCUT2D eigenvalue weighted by Gasteiger charge is 2.28. The number of rotatable bonds is 4. The highest BCUT2D eigenvalue weighted by atomic mass is 14.9. The van der Waals surface area contributed by atoms with Crippen LogP contribution in [0.1, 0.15) is 18.4 Å². The van der Waals surface area contributed by atoms with Gasteiger partial charge in [0.15, 0.2) is 0 Å². The van der Waals surface area contributed by atoms with Crippen LogP contribution in [0.4, 0.5) is 0 Å². The molecule has 1 aliphatic rings. The Morgan fingerprint density at radius 3 is 2.67 bits per heavy atom. The molecule has 0 aromatic heterocycles. The molecule has 1 fully saturated rings. The molecule has 0 heterocycles. The van der Waals surface area contributed by atoms with Crippen molar-refractivity contribution in [3.05, 3.63) is 35.9 Å². The summed E-state index contributed by atoms with van der Waals surface area (Å²) in [5.41, 5.74) is 1.33. The number of nitriles is 1. The first-order chi connectivity index (χ1) is 7.38. The largest absolute Gasteiger partial charge is 0.312 e. The van der Waals surface area contributed by atoms with E-state index in [0.717, 1.165) is 31.8 Å². The van der Waals surface area contributed by atoms with E-state index < -0.39 is 0 Å². The highest BCUT2D eigenvalue weighted by Crippen LogP contribution is 2.32. The summed E-state index contributed by atoms with van der Waals surface area (Å²) in [4.78, 5) is 0. The van der Waals surface area contributed by atoms with Gasteiger partial charge in [-0.25, -0.2) is 0 Å². The third-order valence-electron chi connectivity index (χ3n) is 3.02. The lowest BCUT2D eigenvalue weighted by atomic mass is 9.76. The standard InChI is InChI=1S/C13H16N2/c14-8-12-6-13(7-12)10-15-9-11-4-2-1-3-5-11/h1-5,12-13,15H,6-7,9-10H2. The molecule has 0 saturated heterocycles. The number of hydrogen-bond acceptors (Lipinski definition) is 2. The number of benzene rings is 1. The van der Waals surface area contributed by atoms with Crippen LogP contribution in [-0.2, 0) is 6.54 Å². The van der Waals surface area contributed by atoms with Crippen LogP contribution in [-0.4, -0.2) is 6.54 Å². The maximum absolute atomic E-state index is 8.64. The Balaban J connectivity index is 1.63. The molecule has 1 aromatic rings. The van der Waals surface area contributed by atoms with Crippen molar-refractivity contribution < 1.29 is 0 Å². The monoisotopic (exact) mass is 200 g/mol. The predicted octanol–water partition coefficient (Wildman–Crippen LogP) is 2.33. The zero-order valence-corrected chi connectivity index (χ0v) is 8.82. The van der Waals surface area contributed by atoms with Gasteiger partial charge in [-0.2, -0.15) is 5.26 Å². The van der Waals surface area contributed by atoms with Gasteiger partial charge in [0.25, 0.3) is 0 Å². The minimum absolute atomic E-state index is 0.327. The van der Waals surface area contributed by atoms with Gasteiger partial charge in [-0.3, -0.25) is 0 Å². The third kappa shape index (κ3) is 2.81. The van der Waals surface area contributed by atoms with Crippen LogP contribution in [0.2, 0.25) is 0 Å². The van der Waals surface area contributed by atoms with E-state index in [1.54, 1.807) is 0 Å².